The van der Waals surface area contributed by atoms with Crippen LogP contribution in [0.25, 0.3) is 59.6 Å². The maximum absolute atomic E-state index is 13.9. The van der Waals surface area contributed by atoms with E-state index in [1.165, 1.54) is 33.5 Å². The van der Waals surface area contributed by atoms with Gasteiger partial charge in [0.05, 0.1) is 42.7 Å². The summed E-state index contributed by atoms with van der Waals surface area (Å²) in [7, 11) is 4.43. The number of hydrogen-bond donors (Lipinski definition) is 2. The van der Waals surface area contributed by atoms with Crippen molar-refractivity contribution < 1.29 is 29.0 Å². The molecule has 8 nitrogen and oxygen atoms in total. The first-order valence-corrected chi connectivity index (χ1v) is 14.3. The second-order valence-corrected chi connectivity index (χ2v) is 11.6. The Labute approximate surface area is 250 Å². The van der Waals surface area contributed by atoms with Crippen molar-refractivity contribution in [1.82, 2.24) is 0 Å². The highest BCUT2D eigenvalue weighted by molar-refractivity contribution is 6.42. The number of phenolic OH excluding ortho intramolecular Hbond substituents is 2. The number of phenols is 2. The van der Waals surface area contributed by atoms with E-state index in [9.17, 15) is 19.8 Å². The minimum Gasteiger partial charge on any atom is -0.504 e. The fourth-order valence-electron chi connectivity index (χ4n) is 7.80. The van der Waals surface area contributed by atoms with Crippen LogP contribution in [0.15, 0.2) is 52.1 Å². The number of methoxy groups -OCH3 is 3. The zero-order chi connectivity index (χ0) is 30.8. The van der Waals surface area contributed by atoms with E-state index in [0.29, 0.717) is 56.4 Å². The number of ether oxygens (including phenoxy) is 3. The van der Waals surface area contributed by atoms with E-state index in [0.717, 1.165) is 27.4 Å². The molecular weight excluding hydrogens is 558 g/mol. The summed E-state index contributed by atoms with van der Waals surface area (Å²) in [4.78, 5) is 27.6. The van der Waals surface area contributed by atoms with E-state index >= 15 is 0 Å². The smallest absolute Gasteiger partial charge is 0.257 e. The summed E-state index contributed by atoms with van der Waals surface area (Å²) in [6, 6.07) is 12.7. The van der Waals surface area contributed by atoms with Crippen molar-refractivity contribution in [2.45, 2.75) is 26.8 Å². The van der Waals surface area contributed by atoms with Crippen LogP contribution < -0.4 is 34.9 Å². The molecule has 1 aliphatic rings. The summed E-state index contributed by atoms with van der Waals surface area (Å²) >= 11 is 0. The van der Waals surface area contributed by atoms with E-state index in [2.05, 4.69) is 4.57 Å². The van der Waals surface area contributed by atoms with Gasteiger partial charge in [-0.25, -0.2) is 0 Å². The topological polar surface area (TPSA) is 106 Å². The van der Waals surface area contributed by atoms with Crippen molar-refractivity contribution >= 4 is 59.6 Å². The zero-order valence-corrected chi connectivity index (χ0v) is 24.8. The molecule has 8 heteroatoms. The van der Waals surface area contributed by atoms with Crippen LogP contribution >= 0.6 is 0 Å². The molecule has 0 saturated carbocycles. The number of aromatic hydroxyl groups is 2. The van der Waals surface area contributed by atoms with E-state index in [4.69, 9.17) is 14.2 Å². The third-order valence-electron chi connectivity index (χ3n) is 9.47. The average Bonchev–Trinajstić information content (AvgIpc) is 3.22. The molecule has 8 rings (SSSR count). The lowest BCUT2D eigenvalue weighted by molar-refractivity contribution is -0.666. The third-order valence-corrected chi connectivity index (χ3v) is 9.47. The molecule has 44 heavy (non-hydrogen) atoms. The van der Waals surface area contributed by atoms with Gasteiger partial charge < -0.3 is 24.4 Å². The lowest BCUT2D eigenvalue weighted by Gasteiger charge is -2.22. The maximum Gasteiger partial charge on any atom is 0.257 e. The molecule has 0 radical (unpaired) electrons. The minimum atomic E-state index is -0.420. The molecule has 1 aromatic heterocycles. The number of fused-ring (bicyclic) bond motifs is 1. The first-order chi connectivity index (χ1) is 21.2. The second kappa shape index (κ2) is 8.83. The summed E-state index contributed by atoms with van der Waals surface area (Å²) in [5.74, 6) is 0.419. The Bertz CT molecular complexity index is 2580. The van der Waals surface area contributed by atoms with Gasteiger partial charge in [-0.05, 0) is 18.7 Å². The van der Waals surface area contributed by atoms with Crippen molar-refractivity contribution in [1.29, 1.82) is 0 Å². The summed E-state index contributed by atoms with van der Waals surface area (Å²) in [5.41, 5.74) is 3.39. The monoisotopic (exact) mass is 586 g/mol. The summed E-state index contributed by atoms with van der Waals surface area (Å²) in [6.07, 6.45) is 0.401. The van der Waals surface area contributed by atoms with Crippen molar-refractivity contribution in [2.75, 3.05) is 21.3 Å². The molecule has 0 atom stereocenters. The van der Waals surface area contributed by atoms with Gasteiger partial charge in [-0.2, -0.15) is 4.57 Å². The molecule has 6 aromatic carbocycles. The molecule has 2 N–H and O–H groups in total. The molecule has 7 aromatic rings. The van der Waals surface area contributed by atoms with Crippen LogP contribution in [0.5, 0.6) is 28.7 Å². The molecule has 0 aliphatic heterocycles. The van der Waals surface area contributed by atoms with E-state index in [1.807, 2.05) is 44.2 Å². The lowest BCUT2D eigenvalue weighted by atomic mass is 9.84. The summed E-state index contributed by atoms with van der Waals surface area (Å²) < 4.78 is 19.5. The highest BCUT2D eigenvalue weighted by atomic mass is 16.5. The Hall–Kier alpha value is -5.37. The van der Waals surface area contributed by atoms with Crippen molar-refractivity contribution in [3.8, 4) is 28.7 Å². The predicted octanol–water partition coefficient (Wildman–Crippen LogP) is 4.58. The largest absolute Gasteiger partial charge is 0.504 e. The van der Waals surface area contributed by atoms with Crippen LogP contribution in [0.2, 0.25) is 0 Å². The van der Waals surface area contributed by atoms with Crippen molar-refractivity contribution in [3.05, 3.63) is 85.0 Å². The highest BCUT2D eigenvalue weighted by Crippen LogP contribution is 2.54. The van der Waals surface area contributed by atoms with Gasteiger partial charge in [-0.1, -0.05) is 35.9 Å². The first-order valence-electron chi connectivity index (χ1n) is 14.3. The van der Waals surface area contributed by atoms with Gasteiger partial charge in [0.25, 0.3) is 5.52 Å². The molecule has 0 amide bonds. The molecule has 0 bridgehead atoms. The zero-order valence-electron chi connectivity index (χ0n) is 24.8. The standard InChI is InChI=1S/C36H27NO7/c1-15-11-18-24-29-26(35(41)36(18)44-5)20(39)13-21(42-3)27(29)28-22(43-4)12-19(38)25-31(28)30(24)32-23(15)16(2)37(33(32)34(25)40)14-17-9-7-6-8-10-17/h6-10,12-13H,11,14H2,1-5H3,(H-,38,39,40,41)/p+1. The lowest BCUT2D eigenvalue weighted by Crippen LogP contribution is -2.38. The molecule has 1 aliphatic carbocycles. The van der Waals surface area contributed by atoms with Gasteiger partial charge >= 0.3 is 0 Å². The molecular formula is C36H28NO7+. The normalized spacial score (nSPS) is 13.0. The Morgan fingerprint density at radius 3 is 1.86 bits per heavy atom. The predicted molar refractivity (Wildman–Crippen MR) is 170 cm³/mol. The third kappa shape index (κ3) is 2.99. The Kier molecular flexibility index (Phi) is 5.27. The van der Waals surface area contributed by atoms with Crippen LogP contribution in [0.4, 0.5) is 0 Å². The number of rotatable bonds is 5. The Balaban J connectivity index is 1.82. The van der Waals surface area contributed by atoms with Crippen LogP contribution in [-0.4, -0.2) is 31.5 Å². The van der Waals surface area contributed by atoms with E-state index < -0.39 is 5.43 Å². The van der Waals surface area contributed by atoms with Crippen molar-refractivity contribution in [3.63, 3.8) is 0 Å². The number of benzene rings is 6. The average molecular weight is 587 g/mol. The number of hydrogen-bond acceptors (Lipinski definition) is 7. The SMILES string of the molecule is COc1c(O)c2c(=O)cc(OC)c3c4c(OC)cc(=O)c5c(O)c6c7c(c(C)[n+]6Cc6ccccc6)=C(C)Cc1c(c23)c7c54. The molecule has 218 valence electrons. The molecule has 1 heterocycles. The number of aromatic nitrogens is 1. The maximum atomic E-state index is 13.9. The van der Waals surface area contributed by atoms with E-state index in [1.54, 1.807) is 0 Å². The Morgan fingerprint density at radius 2 is 1.27 bits per heavy atom. The second-order valence-electron chi connectivity index (χ2n) is 11.6. The van der Waals surface area contributed by atoms with Gasteiger partial charge in [0, 0.05) is 57.1 Å². The quantitative estimate of drug-likeness (QED) is 0.173. The molecule has 0 unspecified atom stereocenters. The van der Waals surface area contributed by atoms with Crippen LogP contribution in [0.1, 0.15) is 23.7 Å². The van der Waals surface area contributed by atoms with E-state index in [-0.39, 0.29) is 44.9 Å². The number of nitrogens with zero attached hydrogens (tertiary/aromatic N) is 1. The van der Waals surface area contributed by atoms with Gasteiger partial charge in [-0.15, -0.1) is 0 Å². The fourth-order valence-corrected chi connectivity index (χ4v) is 7.80. The molecule has 0 saturated heterocycles. The molecule has 0 spiro atoms. The molecule has 0 fully saturated rings. The van der Waals surface area contributed by atoms with Gasteiger partial charge in [0.2, 0.25) is 5.75 Å². The van der Waals surface area contributed by atoms with Crippen LogP contribution in [0, 0.1) is 6.92 Å². The van der Waals surface area contributed by atoms with Gasteiger partial charge in [-0.3, -0.25) is 9.59 Å². The fraction of sp³-hybridized carbons (Fsp3) is 0.194. The van der Waals surface area contributed by atoms with Crippen LogP contribution in [0.3, 0.4) is 0 Å². The summed E-state index contributed by atoms with van der Waals surface area (Å²) in [6.45, 7) is 4.53. The van der Waals surface area contributed by atoms with Gasteiger partial charge in [0.15, 0.2) is 34.6 Å². The Morgan fingerprint density at radius 1 is 0.705 bits per heavy atom. The van der Waals surface area contributed by atoms with Crippen molar-refractivity contribution in [2.24, 2.45) is 0 Å². The van der Waals surface area contributed by atoms with Crippen LogP contribution in [-0.2, 0) is 13.0 Å². The first kappa shape index (κ1) is 26.3. The highest BCUT2D eigenvalue weighted by Gasteiger charge is 2.36. The van der Waals surface area contributed by atoms with Gasteiger partial charge in [0.1, 0.15) is 11.5 Å². The minimum absolute atomic E-state index is 0.103. The summed E-state index contributed by atoms with van der Waals surface area (Å²) in [5, 5.41) is 29.2.